The third-order valence-corrected chi connectivity index (χ3v) is 7.60. The van der Waals surface area contributed by atoms with Crippen molar-refractivity contribution in [3.8, 4) is 0 Å². The summed E-state index contributed by atoms with van der Waals surface area (Å²) < 4.78 is 0. The van der Waals surface area contributed by atoms with Gasteiger partial charge in [-0.3, -0.25) is 4.79 Å². The van der Waals surface area contributed by atoms with Gasteiger partial charge in [-0.2, -0.15) is 5.10 Å². The molecule has 3 aromatic carbocycles. The van der Waals surface area contributed by atoms with Crippen molar-refractivity contribution < 1.29 is 14.7 Å². The number of rotatable bonds is 6. The minimum Gasteiger partial charge on any atom is -0.478 e. The molecule has 1 fully saturated rings. The van der Waals surface area contributed by atoms with E-state index >= 15 is 0 Å². The zero-order valence-electron chi connectivity index (χ0n) is 22.8. The largest absolute Gasteiger partial charge is 0.478 e. The van der Waals surface area contributed by atoms with E-state index in [1.165, 1.54) is 11.1 Å². The molecule has 0 radical (unpaired) electrons. The van der Waals surface area contributed by atoms with E-state index in [1.54, 1.807) is 18.2 Å². The number of allylic oxidation sites excluding steroid dienone is 1. The summed E-state index contributed by atoms with van der Waals surface area (Å²) >= 11 is 0. The Bertz CT molecular complexity index is 1440. The first-order valence-corrected chi connectivity index (χ1v) is 13.2. The molecule has 0 saturated heterocycles. The van der Waals surface area contributed by atoms with Gasteiger partial charge < -0.3 is 14.9 Å². The van der Waals surface area contributed by atoms with Crippen LogP contribution in [0.2, 0.25) is 0 Å². The fraction of sp³-hybridized carbons (Fsp3) is 0.281. The summed E-state index contributed by atoms with van der Waals surface area (Å²) in [6.45, 7) is 0. The van der Waals surface area contributed by atoms with Crippen molar-refractivity contribution >= 4 is 35.0 Å². The van der Waals surface area contributed by atoms with Gasteiger partial charge in [0.05, 0.1) is 22.9 Å². The first-order chi connectivity index (χ1) is 18.7. The quantitative estimate of drug-likeness (QED) is 0.433. The van der Waals surface area contributed by atoms with E-state index in [9.17, 15) is 14.7 Å². The first kappa shape index (κ1) is 26.2. The summed E-state index contributed by atoms with van der Waals surface area (Å²) in [6, 6.07) is 22.7. The number of carbonyl (C=O) groups excluding carboxylic acids is 1. The number of carboxylic acids is 1. The number of nitrogens with zero attached hydrogens (tertiary/aromatic N) is 4. The average Bonchev–Trinajstić information content (AvgIpc) is 3.33. The Morgan fingerprint density at radius 2 is 1.46 bits per heavy atom. The highest BCUT2D eigenvalue weighted by atomic mass is 16.4. The molecule has 200 valence electrons. The molecule has 39 heavy (non-hydrogen) atoms. The van der Waals surface area contributed by atoms with Crippen molar-refractivity contribution in [3.05, 3.63) is 101 Å². The Hall–Kier alpha value is -4.39. The fourth-order valence-electron chi connectivity index (χ4n) is 5.52. The Balaban J connectivity index is 1.58. The number of carbonyl (C=O) groups is 2. The zero-order chi connectivity index (χ0) is 27.7. The van der Waals surface area contributed by atoms with Gasteiger partial charge in [0.15, 0.2) is 0 Å². The van der Waals surface area contributed by atoms with Crippen molar-refractivity contribution in [2.75, 3.05) is 38.0 Å². The fourth-order valence-corrected chi connectivity index (χ4v) is 5.52. The Morgan fingerprint density at radius 1 is 0.872 bits per heavy atom. The summed E-state index contributed by atoms with van der Waals surface area (Å²) in [4.78, 5) is 30.0. The van der Waals surface area contributed by atoms with E-state index < -0.39 is 11.9 Å². The number of aromatic carboxylic acids is 1. The van der Waals surface area contributed by atoms with Gasteiger partial charge in [0.25, 0.3) is 5.91 Å². The van der Waals surface area contributed by atoms with Gasteiger partial charge in [-0.25, -0.2) is 9.80 Å². The van der Waals surface area contributed by atoms with Crippen LogP contribution in [0.1, 0.15) is 57.1 Å². The van der Waals surface area contributed by atoms with E-state index in [-0.39, 0.29) is 23.1 Å². The molecule has 5 rings (SSSR count). The number of fused-ring (bicyclic) bond motifs is 1. The Labute approximate surface area is 229 Å². The molecule has 1 heterocycles. The summed E-state index contributed by atoms with van der Waals surface area (Å²) in [6.07, 6.45) is 4.95. The topological polar surface area (TPSA) is 76.4 Å². The van der Waals surface area contributed by atoms with Crippen LogP contribution in [-0.4, -0.2) is 55.9 Å². The van der Waals surface area contributed by atoms with Gasteiger partial charge in [-0.1, -0.05) is 36.4 Å². The highest BCUT2D eigenvalue weighted by molar-refractivity contribution is 6.10. The van der Waals surface area contributed by atoms with Crippen LogP contribution in [0.25, 0.3) is 6.08 Å². The van der Waals surface area contributed by atoms with Gasteiger partial charge >= 0.3 is 5.97 Å². The second-order valence-electron chi connectivity index (χ2n) is 10.6. The molecule has 1 aliphatic heterocycles. The molecule has 0 aromatic heterocycles. The van der Waals surface area contributed by atoms with Crippen LogP contribution in [0.4, 0.5) is 11.4 Å². The lowest BCUT2D eigenvalue weighted by atomic mass is 9.77. The molecule has 7 nitrogen and oxygen atoms in total. The predicted octanol–water partition coefficient (Wildman–Crippen LogP) is 5.95. The van der Waals surface area contributed by atoms with Crippen molar-refractivity contribution in [2.24, 2.45) is 11.0 Å². The van der Waals surface area contributed by atoms with Crippen LogP contribution in [0.3, 0.4) is 0 Å². The van der Waals surface area contributed by atoms with Crippen molar-refractivity contribution in [3.63, 3.8) is 0 Å². The van der Waals surface area contributed by atoms with E-state index in [0.29, 0.717) is 0 Å². The first-order valence-electron chi connectivity index (χ1n) is 13.2. The maximum atomic E-state index is 14.0. The summed E-state index contributed by atoms with van der Waals surface area (Å²) in [5, 5.41) is 16.2. The van der Waals surface area contributed by atoms with Gasteiger partial charge in [0.1, 0.15) is 0 Å². The monoisotopic (exact) mass is 522 g/mol. The molecule has 2 atom stereocenters. The lowest BCUT2D eigenvalue weighted by molar-refractivity contribution is 0.0646. The molecule has 1 aliphatic carbocycles. The number of hydrogen-bond acceptors (Lipinski definition) is 5. The second kappa shape index (κ2) is 10.8. The Morgan fingerprint density at radius 3 is 2.05 bits per heavy atom. The lowest BCUT2D eigenvalue weighted by Gasteiger charge is -2.30. The van der Waals surface area contributed by atoms with Crippen LogP contribution in [0.15, 0.2) is 83.5 Å². The van der Waals surface area contributed by atoms with E-state index in [4.69, 9.17) is 5.10 Å². The maximum absolute atomic E-state index is 14.0. The van der Waals surface area contributed by atoms with Crippen molar-refractivity contribution in [1.29, 1.82) is 0 Å². The molecule has 1 amide bonds. The maximum Gasteiger partial charge on any atom is 0.336 e. The van der Waals surface area contributed by atoms with Crippen molar-refractivity contribution in [2.45, 2.75) is 25.3 Å². The lowest BCUT2D eigenvalue weighted by Crippen LogP contribution is -2.32. The Kier molecular flexibility index (Phi) is 7.24. The third-order valence-electron chi connectivity index (χ3n) is 7.60. The van der Waals surface area contributed by atoms with Gasteiger partial charge in [0.2, 0.25) is 0 Å². The molecule has 0 unspecified atom stereocenters. The van der Waals surface area contributed by atoms with Crippen LogP contribution in [-0.2, 0) is 0 Å². The van der Waals surface area contributed by atoms with Crippen LogP contribution < -0.4 is 9.80 Å². The molecule has 1 N–H and O–H groups in total. The van der Waals surface area contributed by atoms with E-state index in [0.717, 1.165) is 53.0 Å². The average molecular weight is 523 g/mol. The molecule has 1 saturated carbocycles. The molecule has 3 aromatic rings. The molecular weight excluding hydrogens is 488 g/mol. The number of anilines is 2. The smallest absolute Gasteiger partial charge is 0.336 e. The molecule has 2 aliphatic rings. The second-order valence-corrected chi connectivity index (χ2v) is 10.6. The minimum atomic E-state index is -1.13. The molecule has 0 spiro atoms. The number of amides is 1. The summed E-state index contributed by atoms with van der Waals surface area (Å²) in [5.74, 6) is -1.50. The van der Waals surface area contributed by atoms with E-state index in [2.05, 4.69) is 47.4 Å². The highest BCUT2D eigenvalue weighted by Crippen LogP contribution is 2.45. The summed E-state index contributed by atoms with van der Waals surface area (Å²) in [7, 11) is 8.03. The van der Waals surface area contributed by atoms with Crippen LogP contribution >= 0.6 is 0 Å². The van der Waals surface area contributed by atoms with Gasteiger partial charge in [0, 0.05) is 45.5 Å². The minimum absolute atomic E-state index is 0.0176. The normalized spacial score (nSPS) is 19.4. The van der Waals surface area contributed by atoms with Gasteiger partial charge in [-0.05, 0) is 78.4 Å². The van der Waals surface area contributed by atoms with E-state index in [1.807, 2.05) is 45.2 Å². The molecule has 0 bridgehead atoms. The standard InChI is InChI=1S/C32H34N4O3/c1-34(2)24-16-12-21(13-17-24)20-23-8-7-11-28-29(23)33-36(30(28)22-14-18-25(19-15-22)35(3)4)31(37)26-9-5-6-10-27(26)32(38)39/h5-6,9-10,12-20,28,30H,7-8,11H2,1-4H3,(H,38,39)/b23-20+/t28-,30-/m0/s1. The predicted molar refractivity (Wildman–Crippen MR) is 157 cm³/mol. The number of benzene rings is 3. The van der Waals surface area contributed by atoms with Crippen LogP contribution in [0.5, 0.6) is 0 Å². The third kappa shape index (κ3) is 5.17. The zero-order valence-corrected chi connectivity index (χ0v) is 22.8. The van der Waals surface area contributed by atoms with Crippen molar-refractivity contribution in [1.82, 2.24) is 5.01 Å². The van der Waals surface area contributed by atoms with Crippen LogP contribution in [0, 0.1) is 5.92 Å². The number of hydrazone groups is 1. The SMILES string of the molecule is CN(C)c1ccc(/C=C2\CCC[C@H]3C2=NN(C(=O)c2ccccc2C(=O)O)[C@H]3c2ccc(N(C)C)cc2)cc1. The molecular formula is C32H34N4O3. The number of hydrogen-bond donors (Lipinski definition) is 1. The highest BCUT2D eigenvalue weighted by Gasteiger charge is 2.44. The number of carboxylic acid groups (broad SMARTS) is 1. The molecule has 7 heteroatoms. The summed E-state index contributed by atoms with van der Waals surface area (Å²) in [5.41, 5.74) is 6.45. The van der Waals surface area contributed by atoms with Gasteiger partial charge in [-0.15, -0.1) is 0 Å².